The minimum Gasteiger partial charge on any atom is -0.363 e. The fourth-order valence-electron chi connectivity index (χ4n) is 2.37. The average molecular weight is 283 g/mol. The van der Waals surface area contributed by atoms with Crippen LogP contribution in [0.5, 0.6) is 0 Å². The smallest absolute Gasteiger partial charge is 0.138 e. The van der Waals surface area contributed by atoms with Gasteiger partial charge >= 0.3 is 0 Å². The van der Waals surface area contributed by atoms with Crippen molar-refractivity contribution in [2.45, 2.75) is 25.8 Å². The van der Waals surface area contributed by atoms with Crippen molar-refractivity contribution < 1.29 is 0 Å². The van der Waals surface area contributed by atoms with E-state index in [2.05, 4.69) is 57.9 Å². The molecule has 102 valence electrons. The summed E-state index contributed by atoms with van der Waals surface area (Å²) in [5.74, 6) is 0.929. The molecule has 0 amide bonds. The van der Waals surface area contributed by atoms with Gasteiger partial charge in [-0.3, -0.25) is 0 Å². The normalized spacial score (nSPS) is 12.4. The number of benzene rings is 1. The van der Waals surface area contributed by atoms with Gasteiger partial charge in [0, 0.05) is 0 Å². The lowest BCUT2D eigenvalue weighted by Gasteiger charge is -2.19. The molecule has 3 rings (SSSR count). The summed E-state index contributed by atoms with van der Waals surface area (Å²) < 4.78 is 0. The van der Waals surface area contributed by atoms with Crippen LogP contribution in [-0.2, 0) is 0 Å². The predicted molar refractivity (Wildman–Crippen MR) is 85.1 cm³/mol. The summed E-state index contributed by atoms with van der Waals surface area (Å²) in [4.78, 5) is 9.74. The Morgan fingerprint density at radius 1 is 1.15 bits per heavy atom. The number of nitrogens with zero attached hydrogens (tertiary/aromatic N) is 2. The SMILES string of the molecule is CCCC(Nc1ncnc2sccc12)c1ccccc1. The van der Waals surface area contributed by atoms with Crippen LogP contribution in [-0.4, -0.2) is 9.97 Å². The first-order chi connectivity index (χ1) is 9.88. The summed E-state index contributed by atoms with van der Waals surface area (Å²) >= 11 is 1.65. The van der Waals surface area contributed by atoms with Gasteiger partial charge in [0.1, 0.15) is 17.0 Å². The highest BCUT2D eigenvalue weighted by molar-refractivity contribution is 7.16. The summed E-state index contributed by atoms with van der Waals surface area (Å²) in [7, 11) is 0. The van der Waals surface area contributed by atoms with Crippen LogP contribution in [0.2, 0.25) is 0 Å². The second-order valence-corrected chi connectivity index (χ2v) is 5.65. The van der Waals surface area contributed by atoms with Crippen LogP contribution in [0.3, 0.4) is 0 Å². The van der Waals surface area contributed by atoms with E-state index in [4.69, 9.17) is 0 Å². The molecule has 0 aliphatic carbocycles. The number of hydrogen-bond donors (Lipinski definition) is 1. The Morgan fingerprint density at radius 3 is 2.80 bits per heavy atom. The van der Waals surface area contributed by atoms with Crippen LogP contribution < -0.4 is 5.32 Å². The molecule has 2 heterocycles. The van der Waals surface area contributed by atoms with Crippen LogP contribution >= 0.6 is 11.3 Å². The highest BCUT2D eigenvalue weighted by atomic mass is 32.1. The molecule has 0 spiro atoms. The molecule has 20 heavy (non-hydrogen) atoms. The molecule has 1 aromatic carbocycles. The third kappa shape index (κ3) is 2.65. The number of rotatable bonds is 5. The van der Waals surface area contributed by atoms with Crippen molar-refractivity contribution >= 4 is 27.4 Å². The molecular formula is C16H17N3S. The van der Waals surface area contributed by atoms with E-state index in [1.165, 1.54) is 5.56 Å². The van der Waals surface area contributed by atoms with Crippen LogP contribution in [0.15, 0.2) is 48.1 Å². The van der Waals surface area contributed by atoms with Gasteiger partial charge in [-0.1, -0.05) is 43.7 Å². The number of aromatic nitrogens is 2. The molecule has 0 radical (unpaired) electrons. The zero-order valence-corrected chi connectivity index (χ0v) is 12.2. The van der Waals surface area contributed by atoms with Gasteiger partial charge in [-0.2, -0.15) is 0 Å². The first-order valence-corrected chi connectivity index (χ1v) is 7.76. The molecule has 0 saturated carbocycles. The van der Waals surface area contributed by atoms with Gasteiger partial charge in [-0.05, 0) is 23.4 Å². The van der Waals surface area contributed by atoms with Crippen LogP contribution in [0.4, 0.5) is 5.82 Å². The van der Waals surface area contributed by atoms with Crippen molar-refractivity contribution in [2.24, 2.45) is 0 Å². The van der Waals surface area contributed by atoms with Gasteiger partial charge < -0.3 is 5.32 Å². The second-order valence-electron chi connectivity index (χ2n) is 4.76. The lowest BCUT2D eigenvalue weighted by Crippen LogP contribution is -2.11. The lowest BCUT2D eigenvalue weighted by molar-refractivity contribution is 0.675. The van der Waals surface area contributed by atoms with Gasteiger partial charge in [-0.15, -0.1) is 11.3 Å². The first-order valence-electron chi connectivity index (χ1n) is 6.88. The molecule has 1 N–H and O–H groups in total. The minimum atomic E-state index is 0.291. The maximum atomic E-state index is 4.41. The maximum absolute atomic E-state index is 4.41. The maximum Gasteiger partial charge on any atom is 0.138 e. The van der Waals surface area contributed by atoms with Crippen molar-refractivity contribution in [1.82, 2.24) is 9.97 Å². The number of hydrogen-bond acceptors (Lipinski definition) is 4. The fourth-order valence-corrected chi connectivity index (χ4v) is 3.10. The lowest BCUT2D eigenvalue weighted by atomic mass is 10.0. The van der Waals surface area contributed by atoms with E-state index in [1.807, 2.05) is 6.07 Å². The molecule has 0 aliphatic heterocycles. The van der Waals surface area contributed by atoms with Gasteiger partial charge in [0.25, 0.3) is 0 Å². The van der Waals surface area contributed by atoms with Crippen molar-refractivity contribution in [1.29, 1.82) is 0 Å². The third-order valence-corrected chi connectivity index (χ3v) is 4.17. The second kappa shape index (κ2) is 6.01. The Labute approximate surface area is 122 Å². The minimum absolute atomic E-state index is 0.291. The standard InChI is InChI=1S/C16H17N3S/c1-2-6-14(12-7-4-3-5-8-12)19-15-13-9-10-20-16(13)18-11-17-15/h3-5,7-11,14H,2,6H2,1H3,(H,17,18,19). The van der Waals surface area contributed by atoms with E-state index in [0.717, 1.165) is 28.9 Å². The zero-order valence-electron chi connectivity index (χ0n) is 11.4. The van der Waals surface area contributed by atoms with E-state index in [0.29, 0.717) is 6.04 Å². The van der Waals surface area contributed by atoms with Crippen LogP contribution in [0.1, 0.15) is 31.4 Å². The Balaban J connectivity index is 1.92. The van der Waals surface area contributed by atoms with Gasteiger partial charge in [0.15, 0.2) is 0 Å². The molecular weight excluding hydrogens is 266 g/mol. The summed E-state index contributed by atoms with van der Waals surface area (Å²) in [6.45, 7) is 2.21. The summed E-state index contributed by atoms with van der Waals surface area (Å²) in [6.07, 6.45) is 3.85. The summed E-state index contributed by atoms with van der Waals surface area (Å²) in [5.41, 5.74) is 1.30. The Bertz CT molecular complexity index is 678. The Kier molecular flexibility index (Phi) is 3.92. The molecule has 0 saturated heterocycles. The third-order valence-electron chi connectivity index (χ3n) is 3.35. The van der Waals surface area contributed by atoms with Crippen LogP contribution in [0.25, 0.3) is 10.2 Å². The summed E-state index contributed by atoms with van der Waals surface area (Å²) in [5, 5.41) is 6.74. The van der Waals surface area contributed by atoms with E-state index in [9.17, 15) is 0 Å². The van der Waals surface area contributed by atoms with Gasteiger partial charge in [0.05, 0.1) is 11.4 Å². The summed E-state index contributed by atoms with van der Waals surface area (Å²) in [6, 6.07) is 12.9. The number of nitrogens with one attached hydrogen (secondary N) is 1. The number of thiophene rings is 1. The van der Waals surface area contributed by atoms with E-state index in [-0.39, 0.29) is 0 Å². The monoisotopic (exact) mass is 283 g/mol. The van der Waals surface area contributed by atoms with Gasteiger partial charge in [0.2, 0.25) is 0 Å². The predicted octanol–water partition coefficient (Wildman–Crippen LogP) is 4.64. The molecule has 3 nitrogen and oxygen atoms in total. The number of anilines is 1. The first kappa shape index (κ1) is 13.1. The quantitative estimate of drug-likeness (QED) is 0.741. The number of fused-ring (bicyclic) bond motifs is 1. The highest BCUT2D eigenvalue weighted by Crippen LogP contribution is 2.28. The van der Waals surface area contributed by atoms with Crippen molar-refractivity contribution in [3.05, 3.63) is 53.7 Å². The zero-order chi connectivity index (χ0) is 13.8. The molecule has 3 aromatic rings. The van der Waals surface area contributed by atoms with Crippen LogP contribution in [0, 0.1) is 0 Å². The molecule has 1 unspecified atom stereocenters. The van der Waals surface area contributed by atoms with Crippen molar-refractivity contribution in [3.63, 3.8) is 0 Å². The molecule has 0 fully saturated rings. The van der Waals surface area contributed by atoms with Gasteiger partial charge in [-0.25, -0.2) is 9.97 Å². The Morgan fingerprint density at radius 2 is 2.00 bits per heavy atom. The topological polar surface area (TPSA) is 37.8 Å². The molecule has 1 atom stereocenters. The highest BCUT2D eigenvalue weighted by Gasteiger charge is 2.13. The largest absolute Gasteiger partial charge is 0.363 e. The average Bonchev–Trinajstić information content (AvgIpc) is 2.97. The van der Waals surface area contributed by atoms with E-state index >= 15 is 0 Å². The fraction of sp³-hybridized carbons (Fsp3) is 0.250. The molecule has 0 bridgehead atoms. The van der Waals surface area contributed by atoms with E-state index < -0.39 is 0 Å². The molecule has 4 heteroatoms. The molecule has 0 aliphatic rings. The van der Waals surface area contributed by atoms with Crippen molar-refractivity contribution in [2.75, 3.05) is 5.32 Å². The Hall–Kier alpha value is -1.94. The molecule has 2 aromatic heterocycles. The van der Waals surface area contributed by atoms with Crippen molar-refractivity contribution in [3.8, 4) is 0 Å². The van der Waals surface area contributed by atoms with E-state index in [1.54, 1.807) is 17.7 Å².